The van der Waals surface area contributed by atoms with E-state index in [1.165, 1.54) is 6.20 Å². The number of halogens is 3. The van der Waals surface area contributed by atoms with E-state index < -0.39 is 5.60 Å². The predicted octanol–water partition coefficient (Wildman–Crippen LogP) is 4.41. The van der Waals surface area contributed by atoms with Crippen LogP contribution in [0.4, 0.5) is 11.5 Å². The summed E-state index contributed by atoms with van der Waals surface area (Å²) >= 11 is 17.8. The zero-order valence-electron chi connectivity index (χ0n) is 10.8. The van der Waals surface area contributed by atoms with Gasteiger partial charge in [0, 0.05) is 17.4 Å². The average molecular weight is 333 g/mol. The molecule has 1 heterocycles. The van der Waals surface area contributed by atoms with Gasteiger partial charge in [0.15, 0.2) is 0 Å². The second-order valence-electron chi connectivity index (χ2n) is 4.71. The molecule has 2 N–H and O–H groups in total. The fraction of sp³-hybridized carbons (Fsp3) is 0.231. The molecule has 0 saturated carbocycles. The molecule has 1 aromatic heterocycles. The van der Waals surface area contributed by atoms with Crippen LogP contribution in [0.3, 0.4) is 0 Å². The number of aromatic nitrogens is 2. The summed E-state index contributed by atoms with van der Waals surface area (Å²) in [6.45, 7) is 3.31. The summed E-state index contributed by atoms with van der Waals surface area (Å²) in [5.41, 5.74) is 0.108. The highest BCUT2D eigenvalue weighted by Crippen LogP contribution is 2.36. The largest absolute Gasteiger partial charge is 0.386 e. The van der Waals surface area contributed by atoms with Crippen LogP contribution >= 0.6 is 34.8 Å². The molecular formula is C13H12Cl3N3O. The van der Waals surface area contributed by atoms with E-state index in [1.807, 2.05) is 0 Å². The van der Waals surface area contributed by atoms with E-state index in [1.54, 1.807) is 32.0 Å². The number of aliphatic hydroxyl groups is 1. The Kier molecular flexibility index (Phi) is 4.39. The molecule has 2 aromatic rings. The van der Waals surface area contributed by atoms with Gasteiger partial charge in [0.25, 0.3) is 0 Å². The van der Waals surface area contributed by atoms with Crippen molar-refractivity contribution in [2.75, 3.05) is 5.32 Å². The number of anilines is 2. The van der Waals surface area contributed by atoms with Crippen molar-refractivity contribution in [2.24, 2.45) is 0 Å². The molecule has 0 aliphatic heterocycles. The summed E-state index contributed by atoms with van der Waals surface area (Å²) in [6, 6.07) is 4.91. The standard InChI is InChI=1S/C13H12Cl3N3O/c1-13(2,20)7-5-8(14)9(15)6-10(7)18-11-3-4-17-12(16)19-11/h3-6,20H,1-2H3,(H,17,18,19). The lowest BCUT2D eigenvalue weighted by Gasteiger charge is -2.23. The Bertz CT molecular complexity index is 641. The van der Waals surface area contributed by atoms with Crippen LogP contribution in [0.15, 0.2) is 24.4 Å². The van der Waals surface area contributed by atoms with Crippen molar-refractivity contribution < 1.29 is 5.11 Å². The lowest BCUT2D eigenvalue weighted by Crippen LogP contribution is -2.17. The lowest BCUT2D eigenvalue weighted by atomic mass is 9.96. The number of benzene rings is 1. The van der Waals surface area contributed by atoms with E-state index >= 15 is 0 Å². The van der Waals surface area contributed by atoms with Crippen LogP contribution in [0, 0.1) is 0 Å². The maximum Gasteiger partial charge on any atom is 0.224 e. The van der Waals surface area contributed by atoms with Gasteiger partial charge < -0.3 is 10.4 Å². The Morgan fingerprint density at radius 3 is 2.40 bits per heavy atom. The first kappa shape index (κ1) is 15.3. The van der Waals surface area contributed by atoms with E-state index in [-0.39, 0.29) is 5.28 Å². The Balaban J connectivity index is 2.47. The Labute approximate surface area is 131 Å². The third-order valence-electron chi connectivity index (χ3n) is 2.61. The summed E-state index contributed by atoms with van der Waals surface area (Å²) < 4.78 is 0. The molecule has 4 nitrogen and oxygen atoms in total. The van der Waals surface area contributed by atoms with Crippen LogP contribution in [0.1, 0.15) is 19.4 Å². The average Bonchev–Trinajstić information content (AvgIpc) is 2.32. The molecule has 0 aliphatic rings. The second-order valence-corrected chi connectivity index (χ2v) is 5.86. The zero-order valence-corrected chi connectivity index (χ0v) is 13.1. The molecule has 0 saturated heterocycles. The highest BCUT2D eigenvalue weighted by molar-refractivity contribution is 6.42. The zero-order chi connectivity index (χ0) is 14.9. The Morgan fingerprint density at radius 1 is 1.15 bits per heavy atom. The molecule has 0 radical (unpaired) electrons. The van der Waals surface area contributed by atoms with Gasteiger partial charge in [-0.2, -0.15) is 0 Å². The fourth-order valence-corrected chi connectivity index (χ4v) is 2.17. The first-order chi connectivity index (χ1) is 9.27. The van der Waals surface area contributed by atoms with Gasteiger partial charge in [-0.1, -0.05) is 23.2 Å². The van der Waals surface area contributed by atoms with E-state index in [4.69, 9.17) is 34.8 Å². The van der Waals surface area contributed by atoms with Crippen molar-refractivity contribution in [3.05, 3.63) is 45.3 Å². The molecule has 0 bridgehead atoms. The molecular weight excluding hydrogens is 321 g/mol. The molecule has 2 rings (SSSR count). The minimum atomic E-state index is -1.09. The van der Waals surface area contributed by atoms with Crippen LogP contribution in [-0.2, 0) is 5.60 Å². The normalized spacial score (nSPS) is 11.5. The number of nitrogens with one attached hydrogen (secondary N) is 1. The Morgan fingerprint density at radius 2 is 1.80 bits per heavy atom. The number of hydrogen-bond acceptors (Lipinski definition) is 4. The van der Waals surface area contributed by atoms with Crippen LogP contribution in [-0.4, -0.2) is 15.1 Å². The minimum absolute atomic E-state index is 0.125. The van der Waals surface area contributed by atoms with Gasteiger partial charge in [0.1, 0.15) is 5.82 Å². The maximum atomic E-state index is 10.2. The van der Waals surface area contributed by atoms with E-state index in [0.29, 0.717) is 27.1 Å². The third-order valence-corrected chi connectivity index (χ3v) is 3.51. The first-order valence-corrected chi connectivity index (χ1v) is 6.88. The summed E-state index contributed by atoms with van der Waals surface area (Å²) in [5.74, 6) is 0.494. The SMILES string of the molecule is CC(C)(O)c1cc(Cl)c(Cl)cc1Nc1ccnc(Cl)n1. The molecule has 0 unspecified atom stereocenters. The van der Waals surface area contributed by atoms with Crippen molar-refractivity contribution in [2.45, 2.75) is 19.4 Å². The molecule has 7 heteroatoms. The molecule has 106 valence electrons. The van der Waals surface area contributed by atoms with Crippen molar-refractivity contribution in [3.8, 4) is 0 Å². The summed E-state index contributed by atoms with van der Waals surface area (Å²) in [7, 11) is 0. The highest BCUT2D eigenvalue weighted by atomic mass is 35.5. The fourth-order valence-electron chi connectivity index (χ4n) is 1.70. The van der Waals surface area contributed by atoms with Gasteiger partial charge in [-0.05, 0) is 43.6 Å². The van der Waals surface area contributed by atoms with Gasteiger partial charge in [0.05, 0.1) is 15.6 Å². The molecule has 20 heavy (non-hydrogen) atoms. The van der Waals surface area contributed by atoms with Crippen LogP contribution < -0.4 is 5.32 Å². The van der Waals surface area contributed by atoms with Crippen molar-refractivity contribution in [3.63, 3.8) is 0 Å². The lowest BCUT2D eigenvalue weighted by molar-refractivity contribution is 0.0794. The molecule has 1 aromatic carbocycles. The highest BCUT2D eigenvalue weighted by Gasteiger charge is 2.22. The monoisotopic (exact) mass is 331 g/mol. The number of rotatable bonds is 3. The third kappa shape index (κ3) is 3.52. The second kappa shape index (κ2) is 5.74. The van der Waals surface area contributed by atoms with Gasteiger partial charge in [0.2, 0.25) is 5.28 Å². The van der Waals surface area contributed by atoms with Crippen molar-refractivity contribution >= 4 is 46.3 Å². The summed E-state index contributed by atoms with van der Waals surface area (Å²) in [6.07, 6.45) is 1.53. The van der Waals surface area contributed by atoms with E-state index in [0.717, 1.165) is 0 Å². The number of nitrogens with zero attached hydrogens (tertiary/aromatic N) is 2. The molecule has 0 spiro atoms. The topological polar surface area (TPSA) is 58.0 Å². The summed E-state index contributed by atoms with van der Waals surface area (Å²) in [5, 5.41) is 14.1. The Hall–Kier alpha value is -1.07. The van der Waals surface area contributed by atoms with Gasteiger partial charge in [-0.3, -0.25) is 0 Å². The maximum absolute atomic E-state index is 10.2. The summed E-state index contributed by atoms with van der Waals surface area (Å²) in [4.78, 5) is 7.83. The van der Waals surface area contributed by atoms with E-state index in [9.17, 15) is 5.11 Å². The van der Waals surface area contributed by atoms with Gasteiger partial charge in [-0.15, -0.1) is 0 Å². The van der Waals surface area contributed by atoms with Crippen molar-refractivity contribution in [1.29, 1.82) is 0 Å². The first-order valence-electron chi connectivity index (χ1n) is 5.75. The van der Waals surface area contributed by atoms with Crippen LogP contribution in [0.5, 0.6) is 0 Å². The quantitative estimate of drug-likeness (QED) is 0.818. The molecule has 0 atom stereocenters. The van der Waals surface area contributed by atoms with Crippen LogP contribution in [0.2, 0.25) is 15.3 Å². The number of hydrogen-bond donors (Lipinski definition) is 2. The van der Waals surface area contributed by atoms with Crippen molar-refractivity contribution in [1.82, 2.24) is 9.97 Å². The molecule has 0 aliphatic carbocycles. The predicted molar refractivity (Wildman–Crippen MR) is 82.0 cm³/mol. The van der Waals surface area contributed by atoms with Crippen LogP contribution in [0.25, 0.3) is 0 Å². The molecule has 0 amide bonds. The van der Waals surface area contributed by atoms with E-state index in [2.05, 4.69) is 15.3 Å². The smallest absolute Gasteiger partial charge is 0.224 e. The minimum Gasteiger partial charge on any atom is -0.386 e. The molecule has 0 fully saturated rings. The van der Waals surface area contributed by atoms with Gasteiger partial charge in [-0.25, -0.2) is 9.97 Å². The van der Waals surface area contributed by atoms with Gasteiger partial charge >= 0.3 is 0 Å².